The molecule has 0 amide bonds. The van der Waals surface area contributed by atoms with Gasteiger partial charge in [0.1, 0.15) is 0 Å². The topological polar surface area (TPSA) is 34.1 Å². The molecule has 2 fully saturated rings. The van der Waals surface area contributed by atoms with Crippen LogP contribution >= 0.6 is 11.3 Å². The molecular weight excluding hydrogens is 244 g/mol. The van der Waals surface area contributed by atoms with Crippen LogP contribution in [0.2, 0.25) is 0 Å². The van der Waals surface area contributed by atoms with Crippen LogP contribution in [0.4, 0.5) is 0 Å². The molecule has 3 heterocycles. The largest absolute Gasteiger partial charge is 0.381 e. The number of thiazole rings is 1. The lowest BCUT2D eigenvalue weighted by atomic mass is 10.0. The third-order valence-corrected chi connectivity index (χ3v) is 5.48. The summed E-state index contributed by atoms with van der Waals surface area (Å²) in [7, 11) is 0. The Morgan fingerprint density at radius 1 is 1.22 bits per heavy atom. The second-order valence-corrected chi connectivity index (χ2v) is 6.45. The van der Waals surface area contributed by atoms with Crippen molar-refractivity contribution in [1.82, 2.24) is 10.3 Å². The van der Waals surface area contributed by atoms with Crippen LogP contribution in [0.1, 0.15) is 59.6 Å². The summed E-state index contributed by atoms with van der Waals surface area (Å²) in [6, 6.07) is 0.560. The van der Waals surface area contributed by atoms with E-state index in [0.29, 0.717) is 12.0 Å². The minimum atomic E-state index is 0.560. The summed E-state index contributed by atoms with van der Waals surface area (Å²) >= 11 is 1.94. The number of hydrogen-bond acceptors (Lipinski definition) is 4. The van der Waals surface area contributed by atoms with Gasteiger partial charge in [-0.15, -0.1) is 11.3 Å². The summed E-state index contributed by atoms with van der Waals surface area (Å²) in [6.07, 6.45) is 6.23. The Balaban J connectivity index is 1.76. The van der Waals surface area contributed by atoms with Crippen molar-refractivity contribution in [2.75, 3.05) is 19.8 Å². The van der Waals surface area contributed by atoms with E-state index in [1.54, 1.807) is 0 Å². The molecule has 0 bridgehead atoms. The average Bonchev–Trinajstić information content (AvgIpc) is 2.83. The van der Waals surface area contributed by atoms with Crippen molar-refractivity contribution in [3.63, 3.8) is 0 Å². The standard InChI is InChI=1S/C14H22N2OS/c1-10-13(12-4-2-3-7-15-12)18-14(16-10)11-5-8-17-9-6-11/h11-12,15H,2-9H2,1H3. The first-order valence-electron chi connectivity index (χ1n) is 7.13. The van der Waals surface area contributed by atoms with E-state index in [4.69, 9.17) is 9.72 Å². The van der Waals surface area contributed by atoms with Gasteiger partial charge in [0.25, 0.3) is 0 Å². The summed E-state index contributed by atoms with van der Waals surface area (Å²) in [5.41, 5.74) is 1.25. The maximum absolute atomic E-state index is 5.44. The quantitative estimate of drug-likeness (QED) is 0.893. The highest BCUT2D eigenvalue weighted by molar-refractivity contribution is 7.11. The van der Waals surface area contributed by atoms with Gasteiger partial charge in [0.05, 0.1) is 10.7 Å². The molecule has 1 atom stereocenters. The highest BCUT2D eigenvalue weighted by Crippen LogP contribution is 2.36. The van der Waals surface area contributed by atoms with Gasteiger partial charge < -0.3 is 10.1 Å². The molecule has 18 heavy (non-hydrogen) atoms. The lowest BCUT2D eigenvalue weighted by Gasteiger charge is -2.23. The molecule has 100 valence electrons. The van der Waals surface area contributed by atoms with Crippen molar-refractivity contribution in [3.05, 3.63) is 15.6 Å². The highest BCUT2D eigenvalue weighted by Gasteiger charge is 2.24. The van der Waals surface area contributed by atoms with E-state index < -0.39 is 0 Å². The van der Waals surface area contributed by atoms with Gasteiger partial charge in [0.2, 0.25) is 0 Å². The summed E-state index contributed by atoms with van der Waals surface area (Å²) in [5.74, 6) is 0.639. The van der Waals surface area contributed by atoms with E-state index in [9.17, 15) is 0 Å². The molecule has 1 unspecified atom stereocenters. The predicted molar refractivity (Wildman–Crippen MR) is 74.2 cm³/mol. The van der Waals surface area contributed by atoms with Gasteiger partial charge in [-0.25, -0.2) is 4.98 Å². The number of nitrogens with zero attached hydrogens (tertiary/aromatic N) is 1. The summed E-state index contributed by atoms with van der Waals surface area (Å²) in [6.45, 7) is 5.14. The van der Waals surface area contributed by atoms with Crippen molar-refractivity contribution >= 4 is 11.3 Å². The van der Waals surface area contributed by atoms with Crippen LogP contribution < -0.4 is 5.32 Å². The molecule has 0 spiro atoms. The van der Waals surface area contributed by atoms with E-state index in [1.165, 1.54) is 34.8 Å². The van der Waals surface area contributed by atoms with Crippen molar-refractivity contribution in [2.24, 2.45) is 0 Å². The van der Waals surface area contributed by atoms with Crippen LogP contribution in [-0.2, 0) is 4.74 Å². The van der Waals surface area contributed by atoms with Crippen molar-refractivity contribution in [3.8, 4) is 0 Å². The zero-order chi connectivity index (χ0) is 12.4. The fourth-order valence-electron chi connectivity index (χ4n) is 2.95. The molecule has 0 aliphatic carbocycles. The number of rotatable bonds is 2. The second-order valence-electron chi connectivity index (χ2n) is 5.39. The lowest BCUT2D eigenvalue weighted by molar-refractivity contribution is 0.0852. The molecule has 0 aromatic carbocycles. The maximum Gasteiger partial charge on any atom is 0.0964 e. The van der Waals surface area contributed by atoms with Crippen LogP contribution in [0, 0.1) is 6.92 Å². The zero-order valence-electron chi connectivity index (χ0n) is 11.1. The monoisotopic (exact) mass is 266 g/mol. The molecule has 2 aliphatic rings. The lowest BCUT2D eigenvalue weighted by Crippen LogP contribution is -2.26. The number of hydrogen-bond donors (Lipinski definition) is 1. The second kappa shape index (κ2) is 5.68. The van der Waals surface area contributed by atoms with Crippen LogP contribution in [0.25, 0.3) is 0 Å². The molecule has 4 heteroatoms. The van der Waals surface area contributed by atoms with Crippen molar-refractivity contribution in [1.29, 1.82) is 0 Å². The van der Waals surface area contributed by atoms with Crippen molar-refractivity contribution in [2.45, 2.75) is 51.0 Å². The molecule has 2 aliphatic heterocycles. The zero-order valence-corrected chi connectivity index (χ0v) is 11.9. The Hall–Kier alpha value is -0.450. The first-order valence-corrected chi connectivity index (χ1v) is 7.94. The molecule has 2 saturated heterocycles. The Morgan fingerprint density at radius 3 is 2.78 bits per heavy atom. The minimum Gasteiger partial charge on any atom is -0.381 e. The van der Waals surface area contributed by atoms with Crippen molar-refractivity contribution < 1.29 is 4.74 Å². The van der Waals surface area contributed by atoms with Crippen LogP contribution in [0.3, 0.4) is 0 Å². The van der Waals surface area contributed by atoms with E-state index in [-0.39, 0.29) is 0 Å². The Bertz CT molecular complexity index is 392. The van der Waals surface area contributed by atoms with E-state index >= 15 is 0 Å². The fraction of sp³-hybridized carbons (Fsp3) is 0.786. The number of aromatic nitrogens is 1. The maximum atomic E-state index is 5.44. The van der Waals surface area contributed by atoms with Gasteiger partial charge in [-0.2, -0.15) is 0 Å². The van der Waals surface area contributed by atoms with E-state index in [1.807, 2.05) is 11.3 Å². The minimum absolute atomic E-state index is 0.560. The first kappa shape index (κ1) is 12.6. The molecular formula is C14H22N2OS. The smallest absolute Gasteiger partial charge is 0.0964 e. The van der Waals surface area contributed by atoms with E-state index in [0.717, 1.165) is 32.6 Å². The SMILES string of the molecule is Cc1nc(C2CCOCC2)sc1C1CCCCN1. The molecule has 3 nitrogen and oxygen atoms in total. The average molecular weight is 266 g/mol. The summed E-state index contributed by atoms with van der Waals surface area (Å²) < 4.78 is 5.44. The predicted octanol–water partition coefficient (Wildman–Crippen LogP) is 3.16. The number of ether oxygens (including phenoxy) is 1. The van der Waals surface area contributed by atoms with Crippen LogP contribution in [0.5, 0.6) is 0 Å². The fourth-order valence-corrected chi connectivity index (χ4v) is 4.29. The molecule has 0 radical (unpaired) electrons. The Kier molecular flexibility index (Phi) is 3.97. The normalized spacial score (nSPS) is 26.4. The van der Waals surface area contributed by atoms with Gasteiger partial charge in [-0.3, -0.25) is 0 Å². The van der Waals surface area contributed by atoms with Gasteiger partial charge >= 0.3 is 0 Å². The Labute approximate surface area is 113 Å². The third-order valence-electron chi connectivity index (χ3n) is 4.05. The summed E-state index contributed by atoms with van der Waals surface area (Å²) in [5, 5.41) is 4.98. The first-order chi connectivity index (χ1) is 8.84. The van der Waals surface area contributed by atoms with Crippen LogP contribution in [-0.4, -0.2) is 24.7 Å². The van der Waals surface area contributed by atoms with E-state index in [2.05, 4.69) is 12.2 Å². The van der Waals surface area contributed by atoms with Crippen LogP contribution in [0.15, 0.2) is 0 Å². The van der Waals surface area contributed by atoms with Gasteiger partial charge in [0.15, 0.2) is 0 Å². The number of aryl methyl sites for hydroxylation is 1. The summed E-state index contributed by atoms with van der Waals surface area (Å²) in [4.78, 5) is 6.32. The van der Waals surface area contributed by atoms with Gasteiger partial charge in [-0.1, -0.05) is 6.42 Å². The third kappa shape index (κ3) is 2.60. The number of nitrogens with one attached hydrogen (secondary N) is 1. The highest BCUT2D eigenvalue weighted by atomic mass is 32.1. The molecule has 0 saturated carbocycles. The molecule has 1 aromatic heterocycles. The number of piperidine rings is 1. The molecule has 3 rings (SSSR count). The van der Waals surface area contributed by atoms with Gasteiger partial charge in [0, 0.05) is 30.1 Å². The Morgan fingerprint density at radius 2 is 2.06 bits per heavy atom. The van der Waals surface area contributed by atoms with Gasteiger partial charge in [-0.05, 0) is 39.2 Å². The molecule has 1 aromatic rings. The molecule has 1 N–H and O–H groups in total.